The third-order valence-electron chi connectivity index (χ3n) is 1.79. The SMILES string of the molecule is COc1cc(Cl)cc(CCON)c1Cl. The summed E-state index contributed by atoms with van der Waals surface area (Å²) in [5, 5.41) is 1.13. The van der Waals surface area contributed by atoms with E-state index in [0.29, 0.717) is 28.8 Å². The van der Waals surface area contributed by atoms with Gasteiger partial charge < -0.3 is 9.57 Å². The first-order valence-corrected chi connectivity index (χ1v) is 4.78. The fourth-order valence-corrected chi connectivity index (χ4v) is 1.63. The van der Waals surface area contributed by atoms with Gasteiger partial charge in [-0.2, -0.15) is 0 Å². The lowest BCUT2D eigenvalue weighted by molar-refractivity contribution is 0.141. The maximum absolute atomic E-state index is 6.04. The lowest BCUT2D eigenvalue weighted by Crippen LogP contribution is -2.04. The standard InChI is InChI=1S/C9H11Cl2NO2/c1-13-8-5-7(10)4-6(9(8)11)2-3-14-12/h4-5H,2-3,12H2,1H3. The van der Waals surface area contributed by atoms with Crippen LogP contribution in [0.1, 0.15) is 5.56 Å². The summed E-state index contributed by atoms with van der Waals surface area (Å²) in [6, 6.07) is 3.43. The van der Waals surface area contributed by atoms with E-state index in [0.717, 1.165) is 5.56 Å². The number of rotatable bonds is 4. The minimum atomic E-state index is 0.392. The Hall–Kier alpha value is -0.480. The van der Waals surface area contributed by atoms with Crippen LogP contribution in [0, 0.1) is 0 Å². The normalized spacial score (nSPS) is 10.3. The van der Waals surface area contributed by atoms with Crippen LogP contribution < -0.4 is 10.6 Å². The van der Waals surface area contributed by atoms with Gasteiger partial charge >= 0.3 is 0 Å². The van der Waals surface area contributed by atoms with Gasteiger partial charge in [0, 0.05) is 11.1 Å². The van der Waals surface area contributed by atoms with Gasteiger partial charge in [-0.15, -0.1) is 0 Å². The molecule has 0 saturated heterocycles. The van der Waals surface area contributed by atoms with E-state index in [2.05, 4.69) is 4.84 Å². The Morgan fingerprint density at radius 2 is 2.07 bits per heavy atom. The zero-order valence-electron chi connectivity index (χ0n) is 7.72. The number of hydrogen-bond acceptors (Lipinski definition) is 3. The molecule has 0 bridgehead atoms. The summed E-state index contributed by atoms with van der Waals surface area (Å²) in [6.45, 7) is 0.392. The average molecular weight is 236 g/mol. The molecule has 5 heteroatoms. The summed E-state index contributed by atoms with van der Waals surface area (Å²) in [6.07, 6.45) is 0.603. The first-order chi connectivity index (χ1) is 6.69. The van der Waals surface area contributed by atoms with Crippen LogP contribution >= 0.6 is 23.2 Å². The predicted molar refractivity (Wildman–Crippen MR) is 56.9 cm³/mol. The molecule has 0 atom stereocenters. The quantitative estimate of drug-likeness (QED) is 0.816. The van der Waals surface area contributed by atoms with Crippen LogP contribution in [0.25, 0.3) is 0 Å². The highest BCUT2D eigenvalue weighted by Gasteiger charge is 2.08. The summed E-state index contributed by atoms with van der Waals surface area (Å²) in [5.41, 5.74) is 0.862. The second kappa shape index (κ2) is 5.41. The molecular formula is C9H11Cl2NO2. The first-order valence-electron chi connectivity index (χ1n) is 4.02. The van der Waals surface area contributed by atoms with Crippen molar-refractivity contribution in [1.29, 1.82) is 0 Å². The summed E-state index contributed by atoms with van der Waals surface area (Å²) < 4.78 is 5.06. The fraction of sp³-hybridized carbons (Fsp3) is 0.333. The van der Waals surface area contributed by atoms with E-state index in [9.17, 15) is 0 Å². The monoisotopic (exact) mass is 235 g/mol. The van der Waals surface area contributed by atoms with Crippen molar-refractivity contribution < 1.29 is 9.57 Å². The second-order valence-corrected chi connectivity index (χ2v) is 3.52. The zero-order chi connectivity index (χ0) is 10.6. The van der Waals surface area contributed by atoms with Crippen LogP contribution in [0.2, 0.25) is 10.0 Å². The molecule has 14 heavy (non-hydrogen) atoms. The molecule has 0 amide bonds. The van der Waals surface area contributed by atoms with Crippen LogP contribution in [0.4, 0.5) is 0 Å². The maximum Gasteiger partial charge on any atom is 0.139 e. The molecule has 1 aromatic rings. The van der Waals surface area contributed by atoms with E-state index in [-0.39, 0.29) is 0 Å². The Morgan fingerprint density at radius 1 is 1.36 bits per heavy atom. The van der Waals surface area contributed by atoms with E-state index in [1.165, 1.54) is 0 Å². The molecule has 3 nitrogen and oxygen atoms in total. The van der Waals surface area contributed by atoms with Gasteiger partial charge in [0.2, 0.25) is 0 Å². The van der Waals surface area contributed by atoms with Gasteiger partial charge in [-0.05, 0) is 18.1 Å². The van der Waals surface area contributed by atoms with E-state index in [1.54, 1.807) is 19.2 Å². The Morgan fingerprint density at radius 3 is 2.64 bits per heavy atom. The van der Waals surface area contributed by atoms with Crippen molar-refractivity contribution in [1.82, 2.24) is 0 Å². The zero-order valence-corrected chi connectivity index (χ0v) is 9.23. The Labute approximate surface area is 92.7 Å². The van der Waals surface area contributed by atoms with E-state index in [4.69, 9.17) is 33.8 Å². The number of halogens is 2. The Kier molecular flexibility index (Phi) is 4.48. The van der Waals surface area contributed by atoms with E-state index >= 15 is 0 Å². The fourth-order valence-electron chi connectivity index (χ4n) is 1.12. The third-order valence-corrected chi connectivity index (χ3v) is 2.44. The summed E-state index contributed by atoms with van der Waals surface area (Å²) in [7, 11) is 1.54. The van der Waals surface area contributed by atoms with Crippen molar-refractivity contribution in [2.75, 3.05) is 13.7 Å². The van der Waals surface area contributed by atoms with Gasteiger partial charge in [0.15, 0.2) is 0 Å². The summed E-state index contributed by atoms with van der Waals surface area (Å²) in [5.74, 6) is 5.49. The van der Waals surface area contributed by atoms with Crippen molar-refractivity contribution in [2.24, 2.45) is 5.90 Å². The number of nitrogens with two attached hydrogens (primary N) is 1. The molecule has 0 radical (unpaired) electrons. The highest BCUT2D eigenvalue weighted by Crippen LogP contribution is 2.31. The van der Waals surface area contributed by atoms with Gasteiger partial charge in [-0.1, -0.05) is 23.2 Å². The second-order valence-electron chi connectivity index (χ2n) is 2.70. The minimum Gasteiger partial charge on any atom is -0.495 e. The molecule has 1 aromatic carbocycles. The van der Waals surface area contributed by atoms with Crippen LogP contribution in [-0.4, -0.2) is 13.7 Å². The number of hydrogen-bond donors (Lipinski definition) is 1. The highest BCUT2D eigenvalue weighted by atomic mass is 35.5. The molecule has 0 saturated carbocycles. The molecule has 0 unspecified atom stereocenters. The van der Waals surface area contributed by atoms with Crippen molar-refractivity contribution in [2.45, 2.75) is 6.42 Å². The van der Waals surface area contributed by atoms with E-state index < -0.39 is 0 Å². The van der Waals surface area contributed by atoms with Gasteiger partial charge in [-0.25, -0.2) is 5.90 Å². The Bertz CT molecular complexity index is 318. The first kappa shape index (κ1) is 11.6. The van der Waals surface area contributed by atoms with Crippen molar-refractivity contribution in [3.8, 4) is 5.75 Å². The van der Waals surface area contributed by atoms with E-state index in [1.807, 2.05) is 0 Å². The van der Waals surface area contributed by atoms with Crippen LogP contribution in [0.15, 0.2) is 12.1 Å². The van der Waals surface area contributed by atoms with Crippen molar-refractivity contribution in [3.63, 3.8) is 0 Å². The smallest absolute Gasteiger partial charge is 0.139 e. The van der Waals surface area contributed by atoms with Gasteiger partial charge in [0.1, 0.15) is 5.75 Å². The molecule has 2 N–H and O–H groups in total. The van der Waals surface area contributed by atoms with Crippen LogP contribution in [0.3, 0.4) is 0 Å². The minimum absolute atomic E-state index is 0.392. The molecule has 0 aliphatic heterocycles. The summed E-state index contributed by atoms with van der Waals surface area (Å²) in [4.78, 5) is 4.47. The molecule has 0 aliphatic carbocycles. The van der Waals surface area contributed by atoms with Gasteiger partial charge in [0.25, 0.3) is 0 Å². The third kappa shape index (κ3) is 2.75. The highest BCUT2D eigenvalue weighted by molar-refractivity contribution is 6.34. The number of benzene rings is 1. The predicted octanol–water partition coefficient (Wildman–Crippen LogP) is 2.43. The number of ether oxygens (including phenoxy) is 1. The van der Waals surface area contributed by atoms with Crippen molar-refractivity contribution >= 4 is 23.2 Å². The van der Waals surface area contributed by atoms with Crippen LogP contribution in [-0.2, 0) is 11.3 Å². The lowest BCUT2D eigenvalue weighted by atomic mass is 10.1. The van der Waals surface area contributed by atoms with Gasteiger partial charge in [0.05, 0.1) is 18.7 Å². The molecule has 1 rings (SSSR count). The molecule has 78 valence electrons. The summed E-state index contributed by atoms with van der Waals surface area (Å²) >= 11 is 11.9. The molecule has 0 aliphatic rings. The number of methoxy groups -OCH3 is 1. The molecular weight excluding hydrogens is 225 g/mol. The van der Waals surface area contributed by atoms with Crippen molar-refractivity contribution in [3.05, 3.63) is 27.7 Å². The molecule has 0 heterocycles. The average Bonchev–Trinajstić information content (AvgIpc) is 2.18. The maximum atomic E-state index is 6.04. The van der Waals surface area contributed by atoms with Crippen LogP contribution in [0.5, 0.6) is 5.75 Å². The molecule has 0 fully saturated rings. The topological polar surface area (TPSA) is 44.5 Å². The molecule has 0 spiro atoms. The Balaban J connectivity index is 2.96. The lowest BCUT2D eigenvalue weighted by Gasteiger charge is -2.08. The molecule has 0 aromatic heterocycles. The van der Waals surface area contributed by atoms with Gasteiger partial charge in [-0.3, -0.25) is 0 Å². The largest absolute Gasteiger partial charge is 0.495 e.